The zero-order valence-corrected chi connectivity index (χ0v) is 11.8. The molecule has 1 aromatic carbocycles. The normalized spacial score (nSPS) is 12.6. The second-order valence-corrected chi connectivity index (χ2v) is 5.29. The Labute approximate surface area is 117 Å². The van der Waals surface area contributed by atoms with E-state index >= 15 is 0 Å². The molecule has 0 aliphatic rings. The fraction of sp³-hybridized carbons (Fsp3) is 0.357. The van der Waals surface area contributed by atoms with Crippen molar-refractivity contribution in [1.82, 2.24) is 4.98 Å². The van der Waals surface area contributed by atoms with E-state index in [1.165, 1.54) is 0 Å². The SMILES string of the molecule is CCC(Cl)CCNc1ccnc2cc(Cl)ccc12. The molecule has 2 rings (SSSR count). The number of nitrogens with zero attached hydrogens (tertiary/aromatic N) is 1. The Balaban J connectivity index is 2.13. The van der Waals surface area contributed by atoms with E-state index in [1.807, 2.05) is 24.3 Å². The summed E-state index contributed by atoms with van der Waals surface area (Å²) in [4.78, 5) is 4.31. The number of anilines is 1. The summed E-state index contributed by atoms with van der Waals surface area (Å²) >= 11 is 12.1. The number of rotatable bonds is 5. The van der Waals surface area contributed by atoms with Gasteiger partial charge in [0.2, 0.25) is 0 Å². The summed E-state index contributed by atoms with van der Waals surface area (Å²) in [6.07, 6.45) is 3.74. The van der Waals surface area contributed by atoms with Crippen molar-refractivity contribution >= 4 is 39.8 Å². The van der Waals surface area contributed by atoms with E-state index in [1.54, 1.807) is 6.20 Å². The van der Waals surface area contributed by atoms with Crippen LogP contribution in [-0.4, -0.2) is 16.9 Å². The first kappa shape index (κ1) is 13.4. The van der Waals surface area contributed by atoms with Gasteiger partial charge in [-0.15, -0.1) is 11.6 Å². The summed E-state index contributed by atoms with van der Waals surface area (Å²) in [5.41, 5.74) is 1.99. The summed E-state index contributed by atoms with van der Waals surface area (Å²) < 4.78 is 0. The van der Waals surface area contributed by atoms with Gasteiger partial charge in [0, 0.05) is 34.2 Å². The molecule has 0 radical (unpaired) electrons. The van der Waals surface area contributed by atoms with Gasteiger partial charge < -0.3 is 5.32 Å². The lowest BCUT2D eigenvalue weighted by molar-refractivity contribution is 0.754. The summed E-state index contributed by atoms with van der Waals surface area (Å²) in [5, 5.41) is 5.44. The van der Waals surface area contributed by atoms with Crippen LogP contribution in [0, 0.1) is 0 Å². The quantitative estimate of drug-likeness (QED) is 0.804. The predicted molar refractivity (Wildman–Crippen MR) is 79.8 cm³/mol. The lowest BCUT2D eigenvalue weighted by atomic mass is 10.2. The van der Waals surface area contributed by atoms with Gasteiger partial charge in [-0.05, 0) is 37.1 Å². The van der Waals surface area contributed by atoms with E-state index in [4.69, 9.17) is 23.2 Å². The van der Waals surface area contributed by atoms with Gasteiger partial charge in [-0.2, -0.15) is 0 Å². The minimum atomic E-state index is 0.236. The van der Waals surface area contributed by atoms with E-state index in [0.29, 0.717) is 5.02 Å². The highest BCUT2D eigenvalue weighted by Crippen LogP contribution is 2.24. The van der Waals surface area contributed by atoms with Crippen LogP contribution in [0.15, 0.2) is 30.5 Å². The number of benzene rings is 1. The van der Waals surface area contributed by atoms with Gasteiger partial charge in [0.1, 0.15) is 0 Å². The van der Waals surface area contributed by atoms with Crippen LogP contribution >= 0.6 is 23.2 Å². The number of nitrogens with one attached hydrogen (secondary N) is 1. The van der Waals surface area contributed by atoms with E-state index in [-0.39, 0.29) is 5.38 Å². The van der Waals surface area contributed by atoms with Gasteiger partial charge in [-0.25, -0.2) is 0 Å². The number of pyridine rings is 1. The van der Waals surface area contributed by atoms with Crippen molar-refractivity contribution in [2.75, 3.05) is 11.9 Å². The molecule has 0 spiro atoms. The molecule has 0 amide bonds. The van der Waals surface area contributed by atoms with E-state index < -0.39 is 0 Å². The van der Waals surface area contributed by atoms with Crippen molar-refractivity contribution in [3.63, 3.8) is 0 Å². The molecule has 0 saturated carbocycles. The van der Waals surface area contributed by atoms with Crippen LogP contribution in [0.25, 0.3) is 10.9 Å². The Kier molecular flexibility index (Phi) is 4.67. The Morgan fingerprint density at radius 2 is 2.17 bits per heavy atom. The second kappa shape index (κ2) is 6.26. The number of fused-ring (bicyclic) bond motifs is 1. The molecule has 1 N–H and O–H groups in total. The summed E-state index contributed by atoms with van der Waals surface area (Å²) in [7, 11) is 0. The minimum Gasteiger partial charge on any atom is -0.384 e. The van der Waals surface area contributed by atoms with Crippen molar-refractivity contribution in [2.24, 2.45) is 0 Å². The lowest BCUT2D eigenvalue weighted by Gasteiger charge is -2.11. The topological polar surface area (TPSA) is 24.9 Å². The van der Waals surface area contributed by atoms with E-state index in [2.05, 4.69) is 17.2 Å². The van der Waals surface area contributed by atoms with Gasteiger partial charge in [-0.3, -0.25) is 4.98 Å². The van der Waals surface area contributed by atoms with Gasteiger partial charge in [0.25, 0.3) is 0 Å². The largest absolute Gasteiger partial charge is 0.384 e. The second-order valence-electron chi connectivity index (χ2n) is 4.24. The molecular formula is C14H16Cl2N2. The molecule has 0 aliphatic heterocycles. The number of hydrogen-bond acceptors (Lipinski definition) is 2. The van der Waals surface area contributed by atoms with Crippen LogP contribution in [-0.2, 0) is 0 Å². The van der Waals surface area contributed by atoms with Gasteiger partial charge >= 0.3 is 0 Å². The van der Waals surface area contributed by atoms with Crippen LogP contribution in [0.3, 0.4) is 0 Å². The maximum Gasteiger partial charge on any atom is 0.0737 e. The van der Waals surface area contributed by atoms with Crippen molar-refractivity contribution in [3.8, 4) is 0 Å². The fourth-order valence-corrected chi connectivity index (χ4v) is 2.12. The molecule has 2 aromatic rings. The third-order valence-corrected chi connectivity index (χ3v) is 3.68. The Morgan fingerprint density at radius 3 is 2.94 bits per heavy atom. The Hall–Kier alpha value is -0.990. The molecule has 1 unspecified atom stereocenters. The predicted octanol–water partition coefficient (Wildman–Crippen LogP) is 4.71. The maximum absolute atomic E-state index is 6.10. The highest BCUT2D eigenvalue weighted by molar-refractivity contribution is 6.31. The molecule has 1 aromatic heterocycles. The fourth-order valence-electron chi connectivity index (χ4n) is 1.84. The molecule has 4 heteroatoms. The molecule has 0 fully saturated rings. The van der Waals surface area contributed by atoms with Crippen molar-refractivity contribution in [1.29, 1.82) is 0 Å². The smallest absolute Gasteiger partial charge is 0.0737 e. The molecule has 2 nitrogen and oxygen atoms in total. The first-order valence-corrected chi connectivity index (χ1v) is 6.94. The zero-order chi connectivity index (χ0) is 13.0. The maximum atomic E-state index is 6.10. The summed E-state index contributed by atoms with van der Waals surface area (Å²) in [5.74, 6) is 0. The Bertz CT molecular complexity index is 528. The summed E-state index contributed by atoms with van der Waals surface area (Å²) in [6.45, 7) is 2.96. The van der Waals surface area contributed by atoms with Gasteiger partial charge in [0.15, 0.2) is 0 Å². The van der Waals surface area contributed by atoms with E-state index in [9.17, 15) is 0 Å². The lowest BCUT2D eigenvalue weighted by Crippen LogP contribution is -2.08. The number of aromatic nitrogens is 1. The number of alkyl halides is 1. The molecule has 96 valence electrons. The molecule has 1 heterocycles. The highest BCUT2D eigenvalue weighted by atomic mass is 35.5. The standard InChI is InChI=1S/C14H16Cl2N2/c1-2-10(15)5-7-17-13-6-8-18-14-9-11(16)3-4-12(13)14/h3-4,6,8-10H,2,5,7H2,1H3,(H,17,18). The van der Waals surface area contributed by atoms with Gasteiger partial charge in [-0.1, -0.05) is 18.5 Å². The molecule has 0 aliphatic carbocycles. The van der Waals surface area contributed by atoms with Crippen LogP contribution < -0.4 is 5.32 Å². The summed E-state index contributed by atoms with van der Waals surface area (Å²) in [6, 6.07) is 7.72. The van der Waals surface area contributed by atoms with Crippen LogP contribution in [0.5, 0.6) is 0 Å². The molecule has 0 bridgehead atoms. The first-order chi connectivity index (χ1) is 8.70. The van der Waals surface area contributed by atoms with Crippen molar-refractivity contribution in [3.05, 3.63) is 35.5 Å². The van der Waals surface area contributed by atoms with E-state index in [0.717, 1.165) is 36.0 Å². The average molecular weight is 283 g/mol. The molecule has 0 saturated heterocycles. The van der Waals surface area contributed by atoms with Crippen LogP contribution in [0.4, 0.5) is 5.69 Å². The zero-order valence-electron chi connectivity index (χ0n) is 10.3. The van der Waals surface area contributed by atoms with Gasteiger partial charge in [0.05, 0.1) is 5.52 Å². The van der Waals surface area contributed by atoms with Crippen molar-refractivity contribution < 1.29 is 0 Å². The first-order valence-electron chi connectivity index (χ1n) is 6.13. The third kappa shape index (κ3) is 3.27. The third-order valence-electron chi connectivity index (χ3n) is 2.92. The number of halogens is 2. The Morgan fingerprint density at radius 1 is 1.33 bits per heavy atom. The highest BCUT2D eigenvalue weighted by Gasteiger charge is 2.04. The van der Waals surface area contributed by atoms with Crippen LogP contribution in [0.1, 0.15) is 19.8 Å². The monoisotopic (exact) mass is 282 g/mol. The van der Waals surface area contributed by atoms with Crippen LogP contribution in [0.2, 0.25) is 5.02 Å². The van der Waals surface area contributed by atoms with Crippen molar-refractivity contribution in [2.45, 2.75) is 25.1 Å². The average Bonchev–Trinajstić information content (AvgIpc) is 2.38. The molecule has 18 heavy (non-hydrogen) atoms. The minimum absolute atomic E-state index is 0.236. The molecular weight excluding hydrogens is 267 g/mol. The molecule has 1 atom stereocenters. The number of hydrogen-bond donors (Lipinski definition) is 1.